The Morgan fingerprint density at radius 2 is 2.08 bits per heavy atom. The van der Waals surface area contributed by atoms with E-state index >= 15 is 0 Å². The minimum absolute atomic E-state index is 0.113. The third-order valence-corrected chi connectivity index (χ3v) is 2.35. The van der Waals surface area contributed by atoms with E-state index in [2.05, 4.69) is 0 Å². The average molecular weight is 190 g/mol. The number of aliphatic hydroxyl groups is 1. The Morgan fingerprint density at radius 1 is 1.58 bits per heavy atom. The average Bonchev–Trinajstić information content (AvgIpc) is 1.99. The third-order valence-electron chi connectivity index (χ3n) is 1.94. The van der Waals surface area contributed by atoms with Gasteiger partial charge in [0.25, 0.3) is 0 Å². The Morgan fingerprint density at radius 3 is 2.58 bits per heavy atom. The van der Waals surface area contributed by atoms with Crippen LogP contribution < -0.4 is 17.2 Å². The summed E-state index contributed by atoms with van der Waals surface area (Å²) >= 11 is 5.79. The van der Waals surface area contributed by atoms with Crippen molar-refractivity contribution in [3.63, 3.8) is 0 Å². The monoisotopic (exact) mass is 189 g/mol. The number of hydrogen-bond acceptors (Lipinski definition) is 4. The lowest BCUT2D eigenvalue weighted by molar-refractivity contribution is 0.172. The molecule has 0 aromatic carbocycles. The maximum atomic E-state index is 9.50. The van der Waals surface area contributed by atoms with Crippen LogP contribution in [0.25, 0.3) is 0 Å². The number of alkyl halides is 1. The minimum Gasteiger partial charge on any atom is -0.398 e. The van der Waals surface area contributed by atoms with E-state index in [-0.39, 0.29) is 5.70 Å². The predicted molar refractivity (Wildman–Crippen MR) is 47.9 cm³/mol. The molecule has 4 nitrogen and oxygen atoms in total. The van der Waals surface area contributed by atoms with Crippen LogP contribution in [0, 0.1) is 0 Å². The zero-order valence-corrected chi connectivity index (χ0v) is 7.47. The van der Waals surface area contributed by atoms with Crippen molar-refractivity contribution >= 4 is 11.6 Å². The maximum Gasteiger partial charge on any atom is 0.163 e. The second kappa shape index (κ2) is 2.65. The Kier molecular flexibility index (Phi) is 2.07. The van der Waals surface area contributed by atoms with Gasteiger partial charge in [0.1, 0.15) is 6.10 Å². The summed E-state index contributed by atoms with van der Waals surface area (Å²) in [5.74, 6) is 0. The Balaban J connectivity index is 3.18. The molecule has 1 aliphatic rings. The van der Waals surface area contributed by atoms with Gasteiger partial charge in [-0.3, -0.25) is 0 Å². The molecule has 0 saturated carbocycles. The second-order valence-corrected chi connectivity index (χ2v) is 3.55. The van der Waals surface area contributed by atoms with Gasteiger partial charge < -0.3 is 22.3 Å². The molecule has 5 heteroatoms. The first-order chi connectivity index (χ1) is 5.37. The second-order valence-electron chi connectivity index (χ2n) is 2.93. The number of allylic oxidation sites excluding steroid dienone is 1. The lowest BCUT2D eigenvalue weighted by atomic mass is 9.94. The zero-order valence-electron chi connectivity index (χ0n) is 6.71. The molecule has 0 aromatic rings. The molecule has 0 heterocycles. The molecule has 0 amide bonds. The summed E-state index contributed by atoms with van der Waals surface area (Å²) in [5, 5.41) is 9.50. The van der Waals surface area contributed by atoms with E-state index in [1.165, 1.54) is 0 Å². The van der Waals surface area contributed by atoms with Crippen LogP contribution in [-0.4, -0.2) is 16.2 Å². The molecule has 0 aliphatic heterocycles. The van der Waals surface area contributed by atoms with E-state index in [0.717, 1.165) is 0 Å². The van der Waals surface area contributed by atoms with E-state index in [1.54, 1.807) is 13.0 Å². The summed E-state index contributed by atoms with van der Waals surface area (Å²) in [6.45, 7) is 1.69. The molecule has 7 N–H and O–H groups in total. The first kappa shape index (κ1) is 9.38. The van der Waals surface area contributed by atoms with Crippen molar-refractivity contribution in [1.29, 1.82) is 0 Å². The number of halogens is 1. The molecule has 0 fully saturated rings. The fraction of sp³-hybridized carbons (Fsp3) is 0.429. The van der Waals surface area contributed by atoms with Crippen LogP contribution in [0.2, 0.25) is 0 Å². The van der Waals surface area contributed by atoms with E-state index in [9.17, 15) is 5.11 Å². The summed E-state index contributed by atoms with van der Waals surface area (Å²) in [7, 11) is 0. The highest BCUT2D eigenvalue weighted by atomic mass is 35.5. The van der Waals surface area contributed by atoms with Gasteiger partial charge in [0.15, 0.2) is 5.00 Å². The highest BCUT2D eigenvalue weighted by Crippen LogP contribution is 2.30. The molecule has 0 saturated heterocycles. The maximum absolute atomic E-state index is 9.50. The van der Waals surface area contributed by atoms with Crippen molar-refractivity contribution in [2.75, 3.05) is 0 Å². The van der Waals surface area contributed by atoms with Crippen LogP contribution in [0.3, 0.4) is 0 Å². The third kappa shape index (κ3) is 1.18. The topological polar surface area (TPSA) is 98.3 Å². The first-order valence-electron chi connectivity index (χ1n) is 3.47. The highest BCUT2D eigenvalue weighted by Gasteiger charge is 2.39. The van der Waals surface area contributed by atoms with E-state index in [0.29, 0.717) is 11.3 Å². The molecule has 0 aromatic heterocycles. The number of rotatable bonds is 0. The minimum atomic E-state index is -1.47. The van der Waals surface area contributed by atoms with Gasteiger partial charge in [0, 0.05) is 0 Å². The standard InChI is InChI=1S/C7H12ClN3O/c1-3-2-4(9)5(10)7(8,11)6(3)12/h2,6,12H,9-11H2,1H3. The van der Waals surface area contributed by atoms with Gasteiger partial charge in [-0.15, -0.1) is 0 Å². The summed E-state index contributed by atoms with van der Waals surface area (Å²) in [6, 6.07) is 0. The Bertz CT molecular complexity index is 270. The normalized spacial score (nSPS) is 36.7. The van der Waals surface area contributed by atoms with Crippen molar-refractivity contribution in [3.05, 3.63) is 23.0 Å². The van der Waals surface area contributed by atoms with E-state index < -0.39 is 11.1 Å². The highest BCUT2D eigenvalue weighted by molar-refractivity contribution is 6.26. The summed E-state index contributed by atoms with van der Waals surface area (Å²) < 4.78 is 0. The number of hydrogen-bond donors (Lipinski definition) is 4. The zero-order chi connectivity index (χ0) is 9.52. The predicted octanol–water partition coefficient (Wildman–Crippen LogP) is -0.670. The lowest BCUT2D eigenvalue weighted by Gasteiger charge is -2.33. The summed E-state index contributed by atoms with van der Waals surface area (Å²) in [5.41, 5.74) is 17.6. The van der Waals surface area contributed by atoms with Crippen molar-refractivity contribution in [2.24, 2.45) is 17.2 Å². The Labute approximate surface area is 75.7 Å². The molecule has 1 aliphatic carbocycles. The fourth-order valence-electron chi connectivity index (χ4n) is 1.10. The number of aliphatic hydroxyl groups excluding tert-OH is 1. The van der Waals surface area contributed by atoms with Crippen molar-refractivity contribution in [3.8, 4) is 0 Å². The molecule has 12 heavy (non-hydrogen) atoms. The molecular formula is C7H12ClN3O. The van der Waals surface area contributed by atoms with E-state index in [4.69, 9.17) is 28.8 Å². The summed E-state index contributed by atoms with van der Waals surface area (Å²) in [4.78, 5) is -1.47. The summed E-state index contributed by atoms with van der Waals surface area (Å²) in [6.07, 6.45) is 0.583. The molecule has 68 valence electrons. The van der Waals surface area contributed by atoms with Gasteiger partial charge in [-0.2, -0.15) is 0 Å². The van der Waals surface area contributed by atoms with Gasteiger partial charge in [-0.05, 0) is 18.6 Å². The van der Waals surface area contributed by atoms with Crippen LogP contribution in [0.15, 0.2) is 23.0 Å². The quantitative estimate of drug-likeness (QED) is 0.300. The molecule has 0 radical (unpaired) electrons. The van der Waals surface area contributed by atoms with Crippen LogP contribution >= 0.6 is 11.6 Å². The van der Waals surface area contributed by atoms with E-state index in [1.807, 2.05) is 0 Å². The largest absolute Gasteiger partial charge is 0.398 e. The van der Waals surface area contributed by atoms with Crippen molar-refractivity contribution < 1.29 is 5.11 Å². The van der Waals surface area contributed by atoms with Crippen molar-refractivity contribution in [2.45, 2.75) is 18.0 Å². The van der Waals surface area contributed by atoms with Gasteiger partial charge in [0.2, 0.25) is 0 Å². The van der Waals surface area contributed by atoms with Crippen LogP contribution in [0.4, 0.5) is 0 Å². The molecule has 0 spiro atoms. The molecule has 1 rings (SSSR count). The van der Waals surface area contributed by atoms with Gasteiger partial charge >= 0.3 is 0 Å². The molecule has 2 unspecified atom stereocenters. The molecular weight excluding hydrogens is 178 g/mol. The van der Waals surface area contributed by atoms with Crippen LogP contribution in [0.5, 0.6) is 0 Å². The number of nitrogens with two attached hydrogens (primary N) is 3. The van der Waals surface area contributed by atoms with Gasteiger partial charge in [0.05, 0.1) is 11.4 Å². The van der Waals surface area contributed by atoms with Crippen LogP contribution in [-0.2, 0) is 0 Å². The fourth-order valence-corrected chi connectivity index (χ4v) is 1.38. The first-order valence-corrected chi connectivity index (χ1v) is 3.85. The van der Waals surface area contributed by atoms with Crippen molar-refractivity contribution in [1.82, 2.24) is 0 Å². The smallest absolute Gasteiger partial charge is 0.163 e. The molecule has 0 bridgehead atoms. The van der Waals surface area contributed by atoms with Gasteiger partial charge in [-0.25, -0.2) is 0 Å². The molecule has 2 atom stereocenters. The Hall–Kier alpha value is -0.710. The van der Waals surface area contributed by atoms with Gasteiger partial charge in [-0.1, -0.05) is 11.6 Å². The SMILES string of the molecule is CC1=CC(N)=C(N)C(N)(Cl)C1O. The lowest BCUT2D eigenvalue weighted by Crippen LogP contribution is -2.53. The van der Waals surface area contributed by atoms with Crippen LogP contribution in [0.1, 0.15) is 6.92 Å².